The Kier molecular flexibility index (Phi) is 8.14. The van der Waals surface area contributed by atoms with Crippen molar-refractivity contribution in [1.29, 1.82) is 0 Å². The molecule has 0 spiro atoms. The van der Waals surface area contributed by atoms with E-state index in [0.717, 1.165) is 13.8 Å². The van der Waals surface area contributed by atoms with Gasteiger partial charge in [-0.15, -0.1) is 0 Å². The second-order valence-electron chi connectivity index (χ2n) is 4.78. The summed E-state index contributed by atoms with van der Waals surface area (Å²) in [6, 6.07) is 0. The molecule has 0 N–H and O–H groups in total. The van der Waals surface area contributed by atoms with Crippen LogP contribution in [0.15, 0.2) is 0 Å². The van der Waals surface area contributed by atoms with Gasteiger partial charge in [0.2, 0.25) is 0 Å². The van der Waals surface area contributed by atoms with E-state index in [1.165, 1.54) is 27.7 Å². The second-order valence-corrected chi connectivity index (χ2v) is 4.78. The van der Waals surface area contributed by atoms with E-state index in [2.05, 4.69) is 0 Å². The minimum Gasteiger partial charge on any atom is -0.459 e. The largest absolute Gasteiger partial charge is 0.459 e. The molecule has 0 aromatic carbocycles. The smallest absolute Gasteiger partial charge is 0.303 e. The number of hydrogen-bond donors (Lipinski definition) is 0. The molecule has 0 amide bonds. The quantitative estimate of drug-likeness (QED) is 0.500. The lowest BCUT2D eigenvalue weighted by Crippen LogP contribution is -2.49. The molecule has 0 aliphatic carbocycles. The molecule has 0 aliphatic heterocycles. The lowest BCUT2D eigenvalue weighted by molar-refractivity contribution is -0.195. The summed E-state index contributed by atoms with van der Waals surface area (Å²) in [7, 11) is 0. The van der Waals surface area contributed by atoms with Crippen molar-refractivity contribution in [1.82, 2.24) is 0 Å². The van der Waals surface area contributed by atoms with Crippen molar-refractivity contribution in [2.24, 2.45) is 0 Å². The zero-order chi connectivity index (χ0) is 17.4. The van der Waals surface area contributed by atoms with Crippen molar-refractivity contribution in [3.8, 4) is 0 Å². The van der Waals surface area contributed by atoms with E-state index in [9.17, 15) is 19.2 Å². The van der Waals surface area contributed by atoms with Gasteiger partial charge in [-0.05, 0) is 13.8 Å². The Labute approximate surface area is 129 Å². The van der Waals surface area contributed by atoms with Crippen molar-refractivity contribution in [3.63, 3.8) is 0 Å². The van der Waals surface area contributed by atoms with Crippen LogP contribution in [-0.2, 0) is 38.1 Å². The summed E-state index contributed by atoms with van der Waals surface area (Å²) in [6.07, 6.45) is -4.02. The Morgan fingerprint density at radius 1 is 0.545 bits per heavy atom. The highest BCUT2D eigenvalue weighted by atomic mass is 16.6. The van der Waals surface area contributed by atoms with Gasteiger partial charge in [-0.3, -0.25) is 19.2 Å². The molecule has 0 saturated carbocycles. The number of rotatable bonds is 7. The average Bonchev–Trinajstić information content (AvgIpc) is 2.30. The zero-order valence-electron chi connectivity index (χ0n) is 13.6. The van der Waals surface area contributed by atoms with Crippen LogP contribution in [-0.4, -0.2) is 48.3 Å². The monoisotopic (exact) mass is 318 g/mol. The van der Waals surface area contributed by atoms with Crippen LogP contribution in [0.5, 0.6) is 0 Å². The van der Waals surface area contributed by atoms with Crippen LogP contribution in [0.25, 0.3) is 0 Å². The highest BCUT2D eigenvalue weighted by Crippen LogP contribution is 2.18. The molecule has 22 heavy (non-hydrogen) atoms. The summed E-state index contributed by atoms with van der Waals surface area (Å²) in [5.41, 5.74) is 0. The Hall–Kier alpha value is -2.12. The number of carbonyl (C=O) groups excluding carboxylic acids is 4. The molecule has 0 unspecified atom stereocenters. The molecule has 0 bridgehead atoms. The molecule has 0 aliphatic rings. The van der Waals surface area contributed by atoms with Crippen LogP contribution in [0.4, 0.5) is 0 Å². The average molecular weight is 318 g/mol. The molecule has 0 heterocycles. The molecule has 8 heteroatoms. The second kappa shape index (κ2) is 9.01. The molecule has 0 saturated heterocycles. The molecule has 0 aromatic heterocycles. The first-order valence-corrected chi connectivity index (χ1v) is 6.73. The molecule has 0 rings (SSSR count). The fourth-order valence-corrected chi connectivity index (χ4v) is 1.90. The van der Waals surface area contributed by atoms with Crippen LogP contribution in [0.1, 0.15) is 41.5 Å². The first-order valence-electron chi connectivity index (χ1n) is 6.73. The zero-order valence-corrected chi connectivity index (χ0v) is 13.6. The van der Waals surface area contributed by atoms with Crippen LogP contribution in [0.2, 0.25) is 0 Å². The Balaban J connectivity index is 5.39. The molecule has 8 nitrogen and oxygen atoms in total. The maximum atomic E-state index is 11.3. The first-order chi connectivity index (χ1) is 10.0. The Morgan fingerprint density at radius 3 is 0.955 bits per heavy atom. The third kappa shape index (κ3) is 7.61. The first kappa shape index (κ1) is 19.9. The van der Waals surface area contributed by atoms with Crippen molar-refractivity contribution in [3.05, 3.63) is 0 Å². The molecule has 4 atom stereocenters. The molecule has 0 radical (unpaired) electrons. The lowest BCUT2D eigenvalue weighted by atomic mass is 10.0. The maximum Gasteiger partial charge on any atom is 0.303 e. The van der Waals surface area contributed by atoms with Gasteiger partial charge in [-0.2, -0.15) is 0 Å². The van der Waals surface area contributed by atoms with Gasteiger partial charge in [-0.25, -0.2) is 0 Å². The van der Waals surface area contributed by atoms with E-state index >= 15 is 0 Å². The van der Waals surface area contributed by atoms with Crippen molar-refractivity contribution in [2.45, 2.75) is 66.0 Å². The van der Waals surface area contributed by atoms with Crippen molar-refractivity contribution in [2.75, 3.05) is 0 Å². The molecule has 0 fully saturated rings. The molecule has 0 aromatic rings. The van der Waals surface area contributed by atoms with Gasteiger partial charge in [0.15, 0.2) is 12.2 Å². The molecule has 126 valence electrons. The van der Waals surface area contributed by atoms with E-state index < -0.39 is 48.3 Å². The van der Waals surface area contributed by atoms with Crippen LogP contribution < -0.4 is 0 Å². The standard InChI is InChI=1S/C14H22O8/c1-7(19-9(3)15)13(21-11(5)17)14(22-12(6)18)8(2)20-10(4)16/h7-8,13-14H,1-6H3/t7-,8+,13-,14+. The van der Waals surface area contributed by atoms with E-state index in [4.69, 9.17) is 18.9 Å². The normalized spacial score (nSPS) is 15.7. The third-order valence-corrected chi connectivity index (χ3v) is 2.56. The van der Waals surface area contributed by atoms with E-state index in [0.29, 0.717) is 0 Å². The summed E-state index contributed by atoms with van der Waals surface area (Å²) < 4.78 is 20.2. The SMILES string of the molecule is CC(=O)O[C@H]([C@H](OC(C)=O)[C@@H](C)OC(C)=O)[C@H](C)OC(C)=O. The number of hydrogen-bond acceptors (Lipinski definition) is 8. The van der Waals surface area contributed by atoms with Crippen molar-refractivity contribution >= 4 is 23.9 Å². The van der Waals surface area contributed by atoms with Gasteiger partial charge in [0, 0.05) is 27.7 Å². The van der Waals surface area contributed by atoms with Gasteiger partial charge < -0.3 is 18.9 Å². The van der Waals surface area contributed by atoms with Gasteiger partial charge in [0.25, 0.3) is 0 Å². The predicted octanol–water partition coefficient (Wildman–Crippen LogP) is 0.753. The fraction of sp³-hybridized carbons (Fsp3) is 0.714. The number of esters is 4. The van der Waals surface area contributed by atoms with E-state index in [-0.39, 0.29) is 0 Å². The predicted molar refractivity (Wildman–Crippen MR) is 73.6 cm³/mol. The van der Waals surface area contributed by atoms with Gasteiger partial charge in [0.05, 0.1) is 0 Å². The maximum absolute atomic E-state index is 11.3. The van der Waals surface area contributed by atoms with Gasteiger partial charge in [-0.1, -0.05) is 0 Å². The molecular formula is C14H22O8. The highest BCUT2D eigenvalue weighted by molar-refractivity contribution is 5.68. The summed E-state index contributed by atoms with van der Waals surface area (Å²) in [6.45, 7) is 7.66. The van der Waals surface area contributed by atoms with Crippen LogP contribution in [0.3, 0.4) is 0 Å². The summed E-state index contributed by atoms with van der Waals surface area (Å²) >= 11 is 0. The highest BCUT2D eigenvalue weighted by Gasteiger charge is 2.39. The third-order valence-electron chi connectivity index (χ3n) is 2.56. The fourth-order valence-electron chi connectivity index (χ4n) is 1.90. The van der Waals surface area contributed by atoms with Crippen LogP contribution in [0, 0.1) is 0 Å². The summed E-state index contributed by atoms with van der Waals surface area (Å²) in [4.78, 5) is 44.7. The van der Waals surface area contributed by atoms with Gasteiger partial charge in [0.1, 0.15) is 12.2 Å². The Morgan fingerprint density at radius 2 is 0.773 bits per heavy atom. The topological polar surface area (TPSA) is 105 Å². The van der Waals surface area contributed by atoms with Crippen LogP contribution >= 0.6 is 0 Å². The summed E-state index contributed by atoms with van der Waals surface area (Å²) in [5.74, 6) is -2.50. The molecular weight excluding hydrogens is 296 g/mol. The minimum atomic E-state index is -1.11. The minimum absolute atomic E-state index is 0.591. The number of carbonyl (C=O) groups is 4. The number of ether oxygens (including phenoxy) is 4. The van der Waals surface area contributed by atoms with Crippen molar-refractivity contribution < 1.29 is 38.1 Å². The lowest BCUT2D eigenvalue weighted by Gasteiger charge is -2.33. The van der Waals surface area contributed by atoms with E-state index in [1.54, 1.807) is 0 Å². The van der Waals surface area contributed by atoms with Gasteiger partial charge >= 0.3 is 23.9 Å². The Bertz CT molecular complexity index is 391. The summed E-state index contributed by atoms with van der Waals surface area (Å²) in [5, 5.41) is 0. The van der Waals surface area contributed by atoms with E-state index in [1.807, 2.05) is 0 Å².